The highest BCUT2D eigenvalue weighted by Gasteiger charge is 2.22. The van der Waals surface area contributed by atoms with Crippen LogP contribution in [-0.2, 0) is 0 Å². The largest absolute Gasteiger partial charge is 0.457 e. The van der Waals surface area contributed by atoms with Crippen molar-refractivity contribution in [1.82, 2.24) is 0 Å². The third-order valence-electron chi connectivity index (χ3n) is 7.72. The molecule has 3 rings (SSSR count). The van der Waals surface area contributed by atoms with Gasteiger partial charge < -0.3 is 4.74 Å². The lowest BCUT2D eigenvalue weighted by atomic mass is 9.77. The Morgan fingerprint density at radius 1 is 0.697 bits per heavy atom. The van der Waals surface area contributed by atoms with Gasteiger partial charge in [-0.05, 0) is 80.7 Å². The van der Waals surface area contributed by atoms with Crippen LogP contribution in [0.5, 0.6) is 11.5 Å². The van der Waals surface area contributed by atoms with Crippen LogP contribution in [0.4, 0.5) is 0 Å². The lowest BCUT2D eigenvalue weighted by Crippen LogP contribution is -2.13. The number of benzene rings is 2. The third-order valence-corrected chi connectivity index (χ3v) is 7.72. The Hall–Kier alpha value is -1.76. The monoisotopic (exact) mass is 448 g/mol. The van der Waals surface area contributed by atoms with E-state index in [0.717, 1.165) is 23.3 Å². The molecular weight excluding hydrogens is 400 g/mol. The van der Waals surface area contributed by atoms with Gasteiger partial charge in [0.1, 0.15) is 11.5 Å². The molecular formula is C32H48O. The maximum absolute atomic E-state index is 6.12. The molecule has 0 heterocycles. The minimum atomic E-state index is 0.740. The van der Waals surface area contributed by atoms with E-state index in [1.165, 1.54) is 113 Å². The smallest absolute Gasteiger partial charge is 0.130 e. The summed E-state index contributed by atoms with van der Waals surface area (Å²) in [5.41, 5.74) is 3.97. The summed E-state index contributed by atoms with van der Waals surface area (Å²) in [5.74, 6) is 3.62. The highest BCUT2D eigenvalue weighted by Crippen LogP contribution is 2.38. The molecule has 1 aliphatic rings. The molecule has 1 saturated carbocycles. The van der Waals surface area contributed by atoms with Gasteiger partial charge in [0, 0.05) is 0 Å². The zero-order chi connectivity index (χ0) is 23.3. The standard InChI is InChI=1S/C32H48O/c1-4-5-6-7-8-9-10-11-12-13-14-28-16-18-29(19-17-28)30-20-22-31(23-21-30)33-32-24-15-26(2)25-27(32)3/h15,20-25,28-29H,4-14,16-19H2,1-3H3. The molecule has 0 bridgehead atoms. The SMILES string of the molecule is CCCCCCCCCCCCC1CCC(c2ccc(Oc3ccc(C)cc3C)cc2)CC1. The fraction of sp³-hybridized carbons (Fsp3) is 0.625. The van der Waals surface area contributed by atoms with Crippen molar-refractivity contribution in [3.8, 4) is 11.5 Å². The second-order valence-electron chi connectivity index (χ2n) is 10.6. The Kier molecular flexibility index (Phi) is 11.4. The molecule has 1 fully saturated rings. The Balaban J connectivity index is 1.29. The average Bonchev–Trinajstić information content (AvgIpc) is 2.83. The molecule has 1 aliphatic carbocycles. The normalized spacial score (nSPS) is 18.4. The van der Waals surface area contributed by atoms with Gasteiger partial charge in [-0.15, -0.1) is 0 Å². The molecule has 2 aromatic rings. The Morgan fingerprint density at radius 3 is 1.91 bits per heavy atom. The summed E-state index contributed by atoms with van der Waals surface area (Å²) in [7, 11) is 0. The predicted octanol–water partition coefficient (Wildman–Crippen LogP) is 10.7. The van der Waals surface area contributed by atoms with Gasteiger partial charge in [-0.1, -0.05) is 107 Å². The minimum absolute atomic E-state index is 0.740. The average molecular weight is 449 g/mol. The van der Waals surface area contributed by atoms with Crippen LogP contribution in [0.2, 0.25) is 0 Å². The summed E-state index contributed by atoms with van der Waals surface area (Å²) in [6.45, 7) is 6.54. The molecule has 0 saturated heterocycles. The van der Waals surface area contributed by atoms with Crippen molar-refractivity contribution < 1.29 is 4.74 Å². The first kappa shape index (κ1) is 25.9. The van der Waals surface area contributed by atoms with E-state index in [1.54, 1.807) is 0 Å². The molecule has 0 unspecified atom stereocenters. The van der Waals surface area contributed by atoms with Crippen molar-refractivity contribution in [2.24, 2.45) is 5.92 Å². The van der Waals surface area contributed by atoms with Gasteiger partial charge in [0.15, 0.2) is 0 Å². The number of rotatable bonds is 14. The van der Waals surface area contributed by atoms with Gasteiger partial charge in [0.2, 0.25) is 0 Å². The van der Waals surface area contributed by atoms with Crippen LogP contribution in [0.15, 0.2) is 42.5 Å². The quantitative estimate of drug-likeness (QED) is 0.261. The minimum Gasteiger partial charge on any atom is -0.457 e. The fourth-order valence-electron chi connectivity index (χ4n) is 5.55. The van der Waals surface area contributed by atoms with E-state index in [2.05, 4.69) is 63.2 Å². The molecule has 0 aliphatic heterocycles. The van der Waals surface area contributed by atoms with Crippen molar-refractivity contribution in [1.29, 1.82) is 0 Å². The van der Waals surface area contributed by atoms with Gasteiger partial charge in [0.25, 0.3) is 0 Å². The molecule has 0 spiro atoms. The molecule has 182 valence electrons. The number of unbranched alkanes of at least 4 members (excludes halogenated alkanes) is 9. The predicted molar refractivity (Wildman–Crippen MR) is 144 cm³/mol. The van der Waals surface area contributed by atoms with E-state index >= 15 is 0 Å². The van der Waals surface area contributed by atoms with E-state index in [9.17, 15) is 0 Å². The second kappa shape index (κ2) is 14.5. The molecule has 0 amide bonds. The summed E-state index contributed by atoms with van der Waals surface area (Å²) >= 11 is 0. The summed E-state index contributed by atoms with van der Waals surface area (Å²) in [5, 5.41) is 0. The number of hydrogen-bond acceptors (Lipinski definition) is 1. The molecule has 0 N–H and O–H groups in total. The zero-order valence-electron chi connectivity index (χ0n) is 21.7. The molecule has 1 heteroatoms. The van der Waals surface area contributed by atoms with Crippen LogP contribution in [0.3, 0.4) is 0 Å². The number of ether oxygens (including phenoxy) is 1. The van der Waals surface area contributed by atoms with Crippen molar-refractivity contribution in [3.63, 3.8) is 0 Å². The molecule has 1 nitrogen and oxygen atoms in total. The highest BCUT2D eigenvalue weighted by atomic mass is 16.5. The molecule has 33 heavy (non-hydrogen) atoms. The Labute approximate surface area is 204 Å². The van der Waals surface area contributed by atoms with Crippen molar-refractivity contribution in [3.05, 3.63) is 59.2 Å². The number of aryl methyl sites for hydroxylation is 2. The summed E-state index contributed by atoms with van der Waals surface area (Å²) in [6.07, 6.45) is 21.5. The van der Waals surface area contributed by atoms with Gasteiger partial charge in [-0.3, -0.25) is 0 Å². The van der Waals surface area contributed by atoms with Crippen LogP contribution in [0, 0.1) is 19.8 Å². The molecule has 0 atom stereocenters. The first-order valence-corrected chi connectivity index (χ1v) is 14.0. The van der Waals surface area contributed by atoms with Crippen LogP contribution in [-0.4, -0.2) is 0 Å². The van der Waals surface area contributed by atoms with Crippen LogP contribution >= 0.6 is 0 Å². The van der Waals surface area contributed by atoms with Crippen molar-refractivity contribution in [2.75, 3.05) is 0 Å². The van der Waals surface area contributed by atoms with Gasteiger partial charge in [-0.2, -0.15) is 0 Å². The van der Waals surface area contributed by atoms with Gasteiger partial charge >= 0.3 is 0 Å². The fourth-order valence-corrected chi connectivity index (χ4v) is 5.55. The maximum Gasteiger partial charge on any atom is 0.130 e. The van der Waals surface area contributed by atoms with Crippen LogP contribution in [0.25, 0.3) is 0 Å². The topological polar surface area (TPSA) is 9.23 Å². The third kappa shape index (κ3) is 9.19. The summed E-state index contributed by atoms with van der Waals surface area (Å²) in [6, 6.07) is 15.3. The van der Waals surface area contributed by atoms with Crippen molar-refractivity contribution >= 4 is 0 Å². The van der Waals surface area contributed by atoms with Crippen LogP contribution in [0.1, 0.15) is 126 Å². The van der Waals surface area contributed by atoms with Crippen molar-refractivity contribution in [2.45, 2.75) is 123 Å². The summed E-state index contributed by atoms with van der Waals surface area (Å²) < 4.78 is 6.12. The first-order chi connectivity index (χ1) is 16.2. The number of hydrogen-bond donors (Lipinski definition) is 0. The Bertz CT molecular complexity index is 783. The second-order valence-corrected chi connectivity index (χ2v) is 10.6. The lowest BCUT2D eigenvalue weighted by molar-refractivity contribution is 0.301. The van der Waals surface area contributed by atoms with E-state index in [0.29, 0.717) is 0 Å². The van der Waals surface area contributed by atoms with Gasteiger partial charge in [0.05, 0.1) is 0 Å². The molecule has 2 aromatic carbocycles. The molecule has 0 radical (unpaired) electrons. The first-order valence-electron chi connectivity index (χ1n) is 14.0. The highest BCUT2D eigenvalue weighted by molar-refractivity contribution is 5.40. The van der Waals surface area contributed by atoms with E-state index in [-0.39, 0.29) is 0 Å². The van der Waals surface area contributed by atoms with E-state index in [4.69, 9.17) is 4.74 Å². The van der Waals surface area contributed by atoms with E-state index < -0.39 is 0 Å². The molecule has 0 aromatic heterocycles. The van der Waals surface area contributed by atoms with E-state index in [1.807, 2.05) is 0 Å². The van der Waals surface area contributed by atoms with Crippen LogP contribution < -0.4 is 4.74 Å². The lowest BCUT2D eigenvalue weighted by Gasteiger charge is -2.29. The van der Waals surface area contributed by atoms with Gasteiger partial charge in [-0.25, -0.2) is 0 Å². The maximum atomic E-state index is 6.12. The zero-order valence-corrected chi connectivity index (χ0v) is 21.7. The summed E-state index contributed by atoms with van der Waals surface area (Å²) in [4.78, 5) is 0. The Morgan fingerprint density at radius 2 is 1.30 bits per heavy atom.